The summed E-state index contributed by atoms with van der Waals surface area (Å²) in [4.78, 5) is 12.3. The highest BCUT2D eigenvalue weighted by molar-refractivity contribution is 6.21. The number of halogens is 1. The number of carbonyl (C=O) groups is 1. The maximum atomic E-state index is 12.3. The van der Waals surface area contributed by atoms with Crippen molar-refractivity contribution in [2.75, 3.05) is 6.54 Å². The quantitative estimate of drug-likeness (QED) is 0.850. The summed E-state index contributed by atoms with van der Waals surface area (Å²) in [6, 6.07) is 11.0. The number of rotatable bonds is 3. The Morgan fingerprint density at radius 3 is 2.81 bits per heavy atom. The van der Waals surface area contributed by atoms with Crippen molar-refractivity contribution in [1.29, 1.82) is 0 Å². The molecule has 0 spiro atoms. The van der Waals surface area contributed by atoms with E-state index in [0.717, 1.165) is 24.6 Å². The van der Waals surface area contributed by atoms with E-state index in [0.29, 0.717) is 23.4 Å². The van der Waals surface area contributed by atoms with Crippen LogP contribution in [0.25, 0.3) is 10.8 Å². The summed E-state index contributed by atoms with van der Waals surface area (Å²) in [5, 5.41) is 14.9. The van der Waals surface area contributed by atoms with Gasteiger partial charge in [0.1, 0.15) is 5.75 Å². The number of aromatic hydroxyl groups is 1. The Balaban J connectivity index is 1.77. The van der Waals surface area contributed by atoms with Gasteiger partial charge in [-0.15, -0.1) is 11.6 Å². The molecule has 2 aromatic carbocycles. The van der Waals surface area contributed by atoms with Crippen molar-refractivity contribution < 1.29 is 9.90 Å². The van der Waals surface area contributed by atoms with E-state index in [4.69, 9.17) is 11.6 Å². The van der Waals surface area contributed by atoms with E-state index in [1.54, 1.807) is 6.07 Å². The molecular formula is C17H18ClNO2. The lowest BCUT2D eigenvalue weighted by atomic mass is 10.0. The van der Waals surface area contributed by atoms with Crippen LogP contribution in [0.3, 0.4) is 0 Å². The Bertz CT molecular complexity index is 671. The average molecular weight is 304 g/mol. The largest absolute Gasteiger partial charge is 0.506 e. The molecule has 0 aliphatic heterocycles. The fourth-order valence-corrected chi connectivity index (χ4v) is 3.35. The van der Waals surface area contributed by atoms with Crippen molar-refractivity contribution in [3.63, 3.8) is 0 Å². The smallest absolute Gasteiger partial charge is 0.255 e. The number of nitrogens with one attached hydrogen (secondary N) is 1. The molecule has 0 saturated heterocycles. The molecule has 2 aromatic rings. The minimum Gasteiger partial charge on any atom is -0.506 e. The van der Waals surface area contributed by atoms with Gasteiger partial charge in [0.05, 0.1) is 5.56 Å². The van der Waals surface area contributed by atoms with Crippen molar-refractivity contribution in [3.8, 4) is 5.75 Å². The number of phenolic OH excluding ortho intramolecular Hbond substituents is 1. The third kappa shape index (κ3) is 2.84. The van der Waals surface area contributed by atoms with Crippen LogP contribution in [0.15, 0.2) is 36.4 Å². The van der Waals surface area contributed by atoms with Crippen LogP contribution < -0.4 is 5.32 Å². The van der Waals surface area contributed by atoms with Crippen molar-refractivity contribution in [3.05, 3.63) is 42.0 Å². The molecule has 4 heteroatoms. The average Bonchev–Trinajstić information content (AvgIpc) is 2.91. The lowest BCUT2D eigenvalue weighted by Crippen LogP contribution is -2.31. The summed E-state index contributed by atoms with van der Waals surface area (Å²) in [5.74, 6) is 0.131. The Kier molecular flexibility index (Phi) is 4.02. The highest BCUT2D eigenvalue weighted by atomic mass is 35.5. The van der Waals surface area contributed by atoms with E-state index >= 15 is 0 Å². The van der Waals surface area contributed by atoms with Crippen LogP contribution >= 0.6 is 11.6 Å². The molecule has 3 nitrogen and oxygen atoms in total. The number of alkyl halides is 1. The highest BCUT2D eigenvalue weighted by Crippen LogP contribution is 2.30. The van der Waals surface area contributed by atoms with Gasteiger partial charge in [0, 0.05) is 17.3 Å². The number of fused-ring (bicyclic) bond motifs is 1. The zero-order valence-corrected chi connectivity index (χ0v) is 12.4. The molecule has 0 radical (unpaired) electrons. The van der Waals surface area contributed by atoms with Gasteiger partial charge in [0.15, 0.2) is 0 Å². The molecule has 1 fully saturated rings. The van der Waals surface area contributed by atoms with Crippen molar-refractivity contribution in [1.82, 2.24) is 5.32 Å². The normalized spacial score (nSPS) is 21.6. The van der Waals surface area contributed by atoms with Crippen molar-refractivity contribution >= 4 is 28.3 Å². The van der Waals surface area contributed by atoms with Crippen LogP contribution in [0.4, 0.5) is 0 Å². The predicted molar refractivity (Wildman–Crippen MR) is 84.9 cm³/mol. The lowest BCUT2D eigenvalue weighted by Gasteiger charge is -2.15. The predicted octanol–water partition coefficient (Wildman–Crippen LogP) is 3.68. The third-order valence-electron chi connectivity index (χ3n) is 4.24. The van der Waals surface area contributed by atoms with E-state index in [1.807, 2.05) is 30.3 Å². The van der Waals surface area contributed by atoms with Crippen LogP contribution in [-0.4, -0.2) is 22.9 Å². The van der Waals surface area contributed by atoms with Gasteiger partial charge in [0.2, 0.25) is 0 Å². The van der Waals surface area contributed by atoms with Crippen LogP contribution in [0.5, 0.6) is 5.75 Å². The molecule has 0 bridgehead atoms. The molecule has 0 aromatic heterocycles. The molecule has 2 atom stereocenters. The van der Waals surface area contributed by atoms with Crippen LogP contribution in [0.2, 0.25) is 0 Å². The Morgan fingerprint density at radius 2 is 2.05 bits per heavy atom. The number of carbonyl (C=O) groups excluding carboxylic acids is 1. The fraction of sp³-hybridized carbons (Fsp3) is 0.353. The summed E-state index contributed by atoms with van der Waals surface area (Å²) >= 11 is 6.22. The summed E-state index contributed by atoms with van der Waals surface area (Å²) in [6.07, 6.45) is 3.19. The Labute approximate surface area is 128 Å². The standard InChI is InChI=1S/C17H18ClNO2/c18-15-7-3-5-12(15)10-19-17(21)14-9-8-11-4-1-2-6-13(11)16(14)20/h1-2,4,6,8-9,12,15,20H,3,5,7,10H2,(H,19,21). The molecule has 1 amide bonds. The summed E-state index contributed by atoms with van der Waals surface area (Å²) in [7, 11) is 0. The Hall–Kier alpha value is -1.74. The second kappa shape index (κ2) is 5.94. The van der Waals surface area contributed by atoms with Gasteiger partial charge in [-0.2, -0.15) is 0 Å². The van der Waals surface area contributed by atoms with Gasteiger partial charge in [-0.05, 0) is 30.2 Å². The van der Waals surface area contributed by atoms with E-state index in [-0.39, 0.29) is 17.0 Å². The second-order valence-electron chi connectivity index (χ2n) is 5.60. The molecule has 2 unspecified atom stereocenters. The topological polar surface area (TPSA) is 49.3 Å². The van der Waals surface area contributed by atoms with Gasteiger partial charge in [-0.3, -0.25) is 4.79 Å². The van der Waals surface area contributed by atoms with Crippen LogP contribution in [0, 0.1) is 5.92 Å². The van der Waals surface area contributed by atoms with Crippen molar-refractivity contribution in [2.24, 2.45) is 5.92 Å². The lowest BCUT2D eigenvalue weighted by molar-refractivity contribution is 0.0945. The SMILES string of the molecule is O=C(NCC1CCCC1Cl)c1ccc2ccccc2c1O. The second-order valence-corrected chi connectivity index (χ2v) is 6.16. The molecule has 1 saturated carbocycles. The summed E-state index contributed by atoms with van der Waals surface area (Å²) < 4.78 is 0. The summed E-state index contributed by atoms with van der Waals surface area (Å²) in [6.45, 7) is 0.569. The monoisotopic (exact) mass is 303 g/mol. The molecule has 110 valence electrons. The number of amides is 1. The van der Waals surface area contributed by atoms with E-state index in [9.17, 15) is 9.90 Å². The van der Waals surface area contributed by atoms with E-state index < -0.39 is 0 Å². The first-order chi connectivity index (χ1) is 10.2. The van der Waals surface area contributed by atoms with Gasteiger partial charge in [-0.25, -0.2) is 0 Å². The number of hydrogen-bond donors (Lipinski definition) is 2. The minimum atomic E-state index is -0.242. The molecular weight excluding hydrogens is 286 g/mol. The summed E-state index contributed by atoms with van der Waals surface area (Å²) in [5.41, 5.74) is 0.317. The van der Waals surface area contributed by atoms with Crippen LogP contribution in [0.1, 0.15) is 29.6 Å². The maximum absolute atomic E-state index is 12.3. The molecule has 2 N–H and O–H groups in total. The molecule has 0 heterocycles. The first kappa shape index (κ1) is 14.2. The van der Waals surface area contributed by atoms with Gasteiger partial charge in [-0.1, -0.05) is 36.8 Å². The van der Waals surface area contributed by atoms with Gasteiger partial charge < -0.3 is 10.4 Å². The first-order valence-corrected chi connectivity index (χ1v) is 7.73. The first-order valence-electron chi connectivity index (χ1n) is 7.30. The highest BCUT2D eigenvalue weighted by Gasteiger charge is 2.26. The molecule has 3 rings (SSSR count). The minimum absolute atomic E-state index is 0.0412. The molecule has 1 aliphatic rings. The van der Waals surface area contributed by atoms with Gasteiger partial charge in [0.25, 0.3) is 5.91 Å². The maximum Gasteiger partial charge on any atom is 0.255 e. The zero-order valence-electron chi connectivity index (χ0n) is 11.7. The zero-order chi connectivity index (χ0) is 14.8. The third-order valence-corrected chi connectivity index (χ3v) is 4.81. The number of hydrogen-bond acceptors (Lipinski definition) is 2. The molecule has 21 heavy (non-hydrogen) atoms. The number of phenols is 1. The fourth-order valence-electron chi connectivity index (χ4n) is 2.98. The molecule has 1 aliphatic carbocycles. The van der Waals surface area contributed by atoms with Crippen LogP contribution in [-0.2, 0) is 0 Å². The van der Waals surface area contributed by atoms with Gasteiger partial charge >= 0.3 is 0 Å². The van der Waals surface area contributed by atoms with Crippen molar-refractivity contribution in [2.45, 2.75) is 24.6 Å². The van der Waals surface area contributed by atoms with E-state index in [1.165, 1.54) is 0 Å². The van der Waals surface area contributed by atoms with E-state index in [2.05, 4.69) is 5.32 Å². The number of benzene rings is 2. The Morgan fingerprint density at radius 1 is 1.24 bits per heavy atom.